The number of rotatable bonds is 7. The molecular formula is C39H47F2N7O5S2. The monoisotopic (exact) mass is 795 g/mol. The molecule has 2 aliphatic heterocycles. The third-order valence-corrected chi connectivity index (χ3v) is 16.5. The standard InChI is InChI=1S/C25H28FN5O3S.C14H19FN2O2S/c1-24(2)23(27)31-25(3,13-35(24,32)33)18-8-16(6-7-19(18)26)9-20-22-21(30-14-29-20)10-17(11-28-22)34-12-15-4-5-15;1-9-13(2,3)20(18,19)8-14(4,17-9)11-7-10(16)5-6-12(11)15/h6-8,10-11,14-15H,4-5,9,12-13H2,1-3H3,(H2,27,31);5-7H,8,16H2,1-4H3/t25-;14-/m00/s1. The highest BCUT2D eigenvalue weighted by Crippen LogP contribution is 2.40. The number of halogens is 2. The topological polar surface area (TPSA) is 193 Å². The molecule has 0 radical (unpaired) electrons. The number of nitrogens with zero attached hydrogens (tertiary/aromatic N) is 5. The molecule has 2 aromatic carbocycles. The van der Waals surface area contributed by atoms with Crippen LogP contribution < -0.4 is 16.2 Å². The van der Waals surface area contributed by atoms with Gasteiger partial charge < -0.3 is 16.2 Å². The number of anilines is 1. The van der Waals surface area contributed by atoms with Crippen molar-refractivity contribution in [3.05, 3.63) is 89.0 Å². The maximum atomic E-state index is 15.0. The highest BCUT2D eigenvalue weighted by Gasteiger charge is 2.50. The minimum absolute atomic E-state index is 0.0262. The van der Waals surface area contributed by atoms with Gasteiger partial charge in [0.2, 0.25) is 0 Å². The molecule has 3 aliphatic rings. The van der Waals surface area contributed by atoms with E-state index in [1.54, 1.807) is 52.9 Å². The second-order valence-electron chi connectivity index (χ2n) is 16.1. The van der Waals surface area contributed by atoms with E-state index in [2.05, 4.69) is 24.9 Å². The van der Waals surface area contributed by atoms with Gasteiger partial charge in [-0.15, -0.1) is 0 Å². The normalized spacial score (nSPS) is 24.9. The van der Waals surface area contributed by atoms with Crippen LogP contribution in [0, 0.1) is 17.6 Å². The molecule has 4 heterocycles. The van der Waals surface area contributed by atoms with Crippen molar-refractivity contribution in [1.29, 1.82) is 0 Å². The fraction of sp³-hybridized carbons (Fsp3) is 0.462. The molecule has 0 spiro atoms. The van der Waals surface area contributed by atoms with Crippen molar-refractivity contribution in [2.24, 2.45) is 21.6 Å². The van der Waals surface area contributed by atoms with Crippen LogP contribution in [0.25, 0.3) is 11.0 Å². The number of benzene rings is 2. The van der Waals surface area contributed by atoms with Gasteiger partial charge in [0, 0.05) is 35.0 Å². The van der Waals surface area contributed by atoms with Crippen LogP contribution in [0.2, 0.25) is 0 Å². The van der Waals surface area contributed by atoms with Gasteiger partial charge >= 0.3 is 0 Å². The van der Waals surface area contributed by atoms with Crippen molar-refractivity contribution in [1.82, 2.24) is 15.0 Å². The van der Waals surface area contributed by atoms with Crippen molar-refractivity contribution in [2.75, 3.05) is 23.8 Å². The van der Waals surface area contributed by atoms with E-state index in [0.717, 1.165) is 5.56 Å². The lowest BCUT2D eigenvalue weighted by molar-refractivity contribution is 0.299. The van der Waals surface area contributed by atoms with Gasteiger partial charge in [-0.05, 0) is 97.1 Å². The molecule has 1 fully saturated rings. The summed E-state index contributed by atoms with van der Waals surface area (Å²) < 4.78 is 83.3. The lowest BCUT2D eigenvalue weighted by Crippen LogP contribution is -2.55. The molecule has 0 amide bonds. The highest BCUT2D eigenvalue weighted by molar-refractivity contribution is 7.94. The molecule has 0 bridgehead atoms. The first-order valence-corrected chi connectivity index (χ1v) is 21.2. The molecule has 0 unspecified atom stereocenters. The molecule has 7 rings (SSSR count). The second-order valence-corrected chi connectivity index (χ2v) is 21.2. The Morgan fingerprint density at radius 2 is 1.38 bits per heavy atom. The number of amidine groups is 1. The molecule has 4 N–H and O–H groups in total. The Hall–Kier alpha value is -4.57. The van der Waals surface area contributed by atoms with E-state index < -0.39 is 51.9 Å². The van der Waals surface area contributed by atoms with Crippen molar-refractivity contribution in [3.8, 4) is 5.75 Å². The van der Waals surface area contributed by atoms with Gasteiger partial charge in [-0.3, -0.25) is 9.98 Å². The summed E-state index contributed by atoms with van der Waals surface area (Å²) in [5, 5.41) is 0. The van der Waals surface area contributed by atoms with Gasteiger partial charge in [-0.2, -0.15) is 0 Å². The van der Waals surface area contributed by atoms with Gasteiger partial charge in [0.05, 0.1) is 41.1 Å². The average Bonchev–Trinajstić information content (AvgIpc) is 3.92. The van der Waals surface area contributed by atoms with Crippen LogP contribution in [0.15, 0.2) is 65.0 Å². The number of hydrogen-bond acceptors (Lipinski definition) is 12. The van der Waals surface area contributed by atoms with Crippen molar-refractivity contribution in [3.63, 3.8) is 0 Å². The zero-order valence-electron chi connectivity index (χ0n) is 32.0. The molecule has 0 saturated heterocycles. The third kappa shape index (κ3) is 7.67. The first kappa shape index (κ1) is 40.1. The Morgan fingerprint density at radius 3 is 2.00 bits per heavy atom. The summed E-state index contributed by atoms with van der Waals surface area (Å²) in [6.45, 7) is 11.8. The maximum absolute atomic E-state index is 15.0. The van der Waals surface area contributed by atoms with E-state index >= 15 is 0 Å². The van der Waals surface area contributed by atoms with Crippen LogP contribution in [0.5, 0.6) is 5.75 Å². The van der Waals surface area contributed by atoms with Crippen LogP contribution in [0.3, 0.4) is 0 Å². The Kier molecular flexibility index (Phi) is 10.1. The Bertz CT molecular complexity index is 2470. The van der Waals surface area contributed by atoms with Crippen LogP contribution in [0.1, 0.15) is 83.7 Å². The number of sulfone groups is 2. The minimum atomic E-state index is -3.66. The third-order valence-electron chi connectivity index (χ3n) is 11.0. The smallest absolute Gasteiger partial charge is 0.165 e. The number of aliphatic imine (C=N–C) groups is 2. The first-order chi connectivity index (χ1) is 25.5. The molecule has 1 saturated carbocycles. The molecule has 12 nitrogen and oxygen atoms in total. The number of nitrogen functional groups attached to an aromatic ring is 1. The number of fused-ring (bicyclic) bond motifs is 1. The molecule has 2 atom stereocenters. The summed E-state index contributed by atoms with van der Waals surface area (Å²) in [7, 11) is -7.09. The summed E-state index contributed by atoms with van der Waals surface area (Å²) in [6.07, 6.45) is 5.90. The highest BCUT2D eigenvalue weighted by atomic mass is 32.2. The average molecular weight is 796 g/mol. The van der Waals surface area contributed by atoms with Crippen molar-refractivity contribution >= 4 is 47.9 Å². The molecular weight excluding hydrogens is 749 g/mol. The van der Waals surface area contributed by atoms with E-state index in [1.165, 1.54) is 57.3 Å². The lowest BCUT2D eigenvalue weighted by atomic mass is 9.91. The van der Waals surface area contributed by atoms with E-state index in [-0.39, 0.29) is 28.5 Å². The summed E-state index contributed by atoms with van der Waals surface area (Å²) in [5.74, 6) is -0.324. The molecule has 2 aromatic heterocycles. The first-order valence-electron chi connectivity index (χ1n) is 17.9. The molecule has 16 heteroatoms. The number of hydrogen-bond donors (Lipinski definition) is 2. The second kappa shape index (κ2) is 13.9. The number of nitrogens with two attached hydrogens (primary N) is 2. The quantitative estimate of drug-likeness (QED) is 0.222. The molecule has 4 aromatic rings. The number of ether oxygens (including phenoxy) is 1. The largest absolute Gasteiger partial charge is 0.492 e. The van der Waals surface area contributed by atoms with Crippen molar-refractivity contribution < 1.29 is 30.4 Å². The Balaban J connectivity index is 0.000000219. The van der Waals surface area contributed by atoms with Crippen LogP contribution in [0.4, 0.5) is 14.5 Å². The van der Waals surface area contributed by atoms with E-state index in [0.29, 0.717) is 52.8 Å². The summed E-state index contributed by atoms with van der Waals surface area (Å²) in [5.41, 5.74) is 13.2. The van der Waals surface area contributed by atoms with E-state index in [4.69, 9.17) is 16.2 Å². The van der Waals surface area contributed by atoms with Crippen LogP contribution in [-0.4, -0.2) is 70.9 Å². The van der Waals surface area contributed by atoms with Crippen molar-refractivity contribution in [2.45, 2.75) is 88.3 Å². The van der Waals surface area contributed by atoms with Gasteiger partial charge in [-0.1, -0.05) is 12.1 Å². The zero-order valence-corrected chi connectivity index (χ0v) is 33.7. The van der Waals surface area contributed by atoms with Crippen LogP contribution in [-0.2, 0) is 37.2 Å². The molecule has 1 aliphatic carbocycles. The van der Waals surface area contributed by atoms with Gasteiger partial charge in [0.15, 0.2) is 19.7 Å². The Labute approximate surface area is 320 Å². The van der Waals surface area contributed by atoms with Gasteiger partial charge in [0.1, 0.15) is 50.1 Å². The lowest BCUT2D eigenvalue weighted by Gasteiger charge is -2.38. The number of pyridine rings is 1. The zero-order chi connectivity index (χ0) is 40.4. The van der Waals surface area contributed by atoms with E-state index in [9.17, 15) is 25.6 Å². The fourth-order valence-electron chi connectivity index (χ4n) is 6.66. The summed E-state index contributed by atoms with van der Waals surface area (Å²) >= 11 is 0. The van der Waals surface area contributed by atoms with Gasteiger partial charge in [0.25, 0.3) is 0 Å². The maximum Gasteiger partial charge on any atom is 0.165 e. The molecule has 55 heavy (non-hydrogen) atoms. The fourth-order valence-corrected chi connectivity index (χ4v) is 10.2. The predicted molar refractivity (Wildman–Crippen MR) is 211 cm³/mol. The SMILES string of the molecule is CC1(C)C(N)=N[C@](C)(c2cc(Cc3ncnc4cc(OCC5CC5)cnc34)ccc2F)CS1(=O)=O.CC1=N[C@](C)(c2cc(N)ccc2F)CS(=O)(=O)C1(C)C. The van der Waals surface area contributed by atoms with E-state index in [1.807, 2.05) is 6.07 Å². The number of aromatic nitrogens is 3. The van der Waals surface area contributed by atoms with Crippen LogP contribution >= 0.6 is 0 Å². The minimum Gasteiger partial charge on any atom is -0.492 e. The summed E-state index contributed by atoms with van der Waals surface area (Å²) in [4.78, 5) is 22.2. The Morgan fingerprint density at radius 1 is 0.782 bits per heavy atom. The van der Waals surface area contributed by atoms with Gasteiger partial charge in [-0.25, -0.2) is 40.6 Å². The molecule has 294 valence electrons. The summed E-state index contributed by atoms with van der Waals surface area (Å²) in [6, 6.07) is 10.6. The predicted octanol–water partition coefficient (Wildman–Crippen LogP) is 5.61.